The topological polar surface area (TPSA) is 75.6 Å². The molecule has 0 aromatic heterocycles. The van der Waals surface area contributed by atoms with Crippen molar-refractivity contribution in [1.29, 1.82) is 0 Å². The number of carboxylic acid groups (broad SMARTS) is 1. The number of carbonyl (C=O) groups is 2. The fraction of sp³-hybridized carbons (Fsp3) is 0.467. The highest BCUT2D eigenvalue weighted by Crippen LogP contribution is 2.18. The first-order chi connectivity index (χ1) is 10.1. The molecule has 1 aromatic rings. The van der Waals surface area contributed by atoms with Crippen LogP contribution >= 0.6 is 15.9 Å². The van der Waals surface area contributed by atoms with Gasteiger partial charge in [-0.2, -0.15) is 0 Å². The van der Waals surface area contributed by atoms with E-state index < -0.39 is 30.4 Å². The zero-order chi connectivity index (χ0) is 16.9. The number of hydrogen-bond donors (Lipinski definition) is 2. The standard InChI is InChI=1S/C15H19BrFNO4/c1-15(2,3)22-14(21)18-12(13(19)20)7-9-4-10(8-17)6-11(16)5-9/h4-6,12H,7-8H2,1-3H3,(H,18,21)(H,19,20)/t12-/m0/s1. The zero-order valence-electron chi connectivity index (χ0n) is 12.7. The zero-order valence-corrected chi connectivity index (χ0v) is 14.2. The van der Waals surface area contributed by atoms with E-state index in [1.165, 1.54) is 0 Å². The van der Waals surface area contributed by atoms with Gasteiger partial charge in [0.25, 0.3) is 0 Å². The molecular formula is C15H19BrFNO4. The van der Waals surface area contributed by atoms with Gasteiger partial charge in [-0.3, -0.25) is 0 Å². The molecule has 0 aliphatic heterocycles. The first-order valence-electron chi connectivity index (χ1n) is 6.67. The molecule has 0 heterocycles. The summed E-state index contributed by atoms with van der Waals surface area (Å²) in [5.41, 5.74) is 0.320. The van der Waals surface area contributed by atoms with Crippen LogP contribution in [0.1, 0.15) is 31.9 Å². The normalized spacial score (nSPS) is 12.6. The Morgan fingerprint density at radius 1 is 1.32 bits per heavy atom. The molecule has 5 nitrogen and oxygen atoms in total. The van der Waals surface area contributed by atoms with Gasteiger partial charge in [-0.25, -0.2) is 14.0 Å². The van der Waals surface area contributed by atoms with Crippen molar-refractivity contribution in [1.82, 2.24) is 5.32 Å². The Bertz CT molecular complexity index is 557. The molecule has 0 bridgehead atoms. The third-order valence-corrected chi connectivity index (χ3v) is 3.06. The van der Waals surface area contributed by atoms with E-state index in [9.17, 15) is 19.1 Å². The van der Waals surface area contributed by atoms with Crippen LogP contribution in [-0.2, 0) is 22.6 Å². The molecule has 0 radical (unpaired) electrons. The van der Waals surface area contributed by atoms with E-state index in [4.69, 9.17) is 4.74 Å². The second-order valence-electron chi connectivity index (χ2n) is 5.84. The molecule has 1 amide bonds. The van der Waals surface area contributed by atoms with E-state index in [1.807, 2.05) is 0 Å². The van der Waals surface area contributed by atoms with Gasteiger partial charge in [0.15, 0.2) is 0 Å². The molecule has 22 heavy (non-hydrogen) atoms. The molecule has 0 aliphatic carbocycles. The second kappa shape index (κ2) is 7.58. The first-order valence-corrected chi connectivity index (χ1v) is 7.46. The maximum absolute atomic E-state index is 12.8. The van der Waals surface area contributed by atoms with E-state index in [0.717, 1.165) is 0 Å². The summed E-state index contributed by atoms with van der Waals surface area (Å²) < 4.78 is 18.4. The number of nitrogens with one attached hydrogen (secondary N) is 1. The average Bonchev–Trinajstić information content (AvgIpc) is 2.34. The van der Waals surface area contributed by atoms with Crippen LogP contribution in [-0.4, -0.2) is 28.8 Å². The summed E-state index contributed by atoms with van der Waals surface area (Å²) in [6.45, 7) is 4.40. The lowest BCUT2D eigenvalue weighted by molar-refractivity contribution is -0.139. The van der Waals surface area contributed by atoms with Crippen LogP contribution in [0.25, 0.3) is 0 Å². The van der Waals surface area contributed by atoms with Gasteiger partial charge in [0, 0.05) is 10.9 Å². The summed E-state index contributed by atoms with van der Waals surface area (Å²) in [6.07, 6.45) is -0.776. The summed E-state index contributed by atoms with van der Waals surface area (Å²) in [5, 5.41) is 11.5. The lowest BCUT2D eigenvalue weighted by Gasteiger charge is -2.22. The van der Waals surface area contributed by atoms with Crippen molar-refractivity contribution < 1.29 is 23.8 Å². The van der Waals surface area contributed by atoms with Crippen LogP contribution in [0.15, 0.2) is 22.7 Å². The monoisotopic (exact) mass is 375 g/mol. The molecule has 1 rings (SSSR count). The number of ether oxygens (including phenoxy) is 1. The van der Waals surface area contributed by atoms with Crippen LogP contribution in [0, 0.1) is 0 Å². The van der Waals surface area contributed by atoms with Gasteiger partial charge in [-0.05, 0) is 44.0 Å². The van der Waals surface area contributed by atoms with Crippen LogP contribution in [0.2, 0.25) is 0 Å². The van der Waals surface area contributed by atoms with E-state index >= 15 is 0 Å². The molecule has 122 valence electrons. The Kier molecular flexibility index (Phi) is 6.34. The van der Waals surface area contributed by atoms with Crippen molar-refractivity contribution in [2.75, 3.05) is 0 Å². The van der Waals surface area contributed by atoms with Crippen molar-refractivity contribution in [3.63, 3.8) is 0 Å². The van der Waals surface area contributed by atoms with Crippen molar-refractivity contribution in [2.24, 2.45) is 0 Å². The minimum Gasteiger partial charge on any atom is -0.480 e. The lowest BCUT2D eigenvalue weighted by atomic mass is 10.0. The Morgan fingerprint density at radius 2 is 1.91 bits per heavy atom. The molecule has 0 aliphatic rings. The quantitative estimate of drug-likeness (QED) is 0.826. The van der Waals surface area contributed by atoms with E-state index in [-0.39, 0.29) is 6.42 Å². The van der Waals surface area contributed by atoms with Gasteiger partial charge in [0.05, 0.1) is 0 Å². The predicted octanol–water partition coefficient (Wildman–Crippen LogP) is 3.44. The molecular weight excluding hydrogens is 357 g/mol. The van der Waals surface area contributed by atoms with Crippen LogP contribution in [0.3, 0.4) is 0 Å². The number of amides is 1. The van der Waals surface area contributed by atoms with Crippen LogP contribution in [0.5, 0.6) is 0 Å². The summed E-state index contributed by atoms with van der Waals surface area (Å²) in [5.74, 6) is -1.19. The number of alkyl halides is 1. The van der Waals surface area contributed by atoms with Crippen molar-refractivity contribution in [3.05, 3.63) is 33.8 Å². The Balaban J connectivity index is 2.83. The second-order valence-corrected chi connectivity index (χ2v) is 6.76. The predicted molar refractivity (Wildman–Crippen MR) is 83.5 cm³/mol. The molecule has 1 aromatic carbocycles. The minimum atomic E-state index is -1.19. The Morgan fingerprint density at radius 3 is 2.41 bits per heavy atom. The number of carbonyl (C=O) groups excluding carboxylic acids is 1. The number of benzene rings is 1. The highest BCUT2D eigenvalue weighted by atomic mass is 79.9. The van der Waals surface area contributed by atoms with Crippen LogP contribution in [0.4, 0.5) is 9.18 Å². The number of carboxylic acids is 1. The van der Waals surface area contributed by atoms with E-state index in [1.54, 1.807) is 39.0 Å². The fourth-order valence-electron chi connectivity index (χ4n) is 1.80. The minimum absolute atomic E-state index is 0.0288. The maximum atomic E-state index is 12.8. The summed E-state index contributed by atoms with van der Waals surface area (Å²) in [7, 11) is 0. The summed E-state index contributed by atoms with van der Waals surface area (Å²) in [4.78, 5) is 23.0. The number of hydrogen-bond acceptors (Lipinski definition) is 3. The Hall–Kier alpha value is -1.63. The number of halogens is 2. The first kappa shape index (κ1) is 18.4. The molecule has 0 saturated carbocycles. The number of rotatable bonds is 5. The molecule has 0 spiro atoms. The van der Waals surface area contributed by atoms with Gasteiger partial charge in [0.2, 0.25) is 0 Å². The van der Waals surface area contributed by atoms with Gasteiger partial charge >= 0.3 is 12.1 Å². The molecule has 7 heteroatoms. The number of alkyl carbamates (subject to hydrolysis) is 1. The maximum Gasteiger partial charge on any atom is 0.408 e. The average molecular weight is 376 g/mol. The van der Waals surface area contributed by atoms with Crippen molar-refractivity contribution >= 4 is 28.0 Å². The van der Waals surface area contributed by atoms with Gasteiger partial charge in [-0.1, -0.05) is 22.0 Å². The highest BCUT2D eigenvalue weighted by molar-refractivity contribution is 9.10. The third-order valence-electron chi connectivity index (χ3n) is 2.60. The van der Waals surface area contributed by atoms with Crippen molar-refractivity contribution in [3.8, 4) is 0 Å². The van der Waals surface area contributed by atoms with Crippen LogP contribution < -0.4 is 5.32 Å². The molecule has 0 fully saturated rings. The molecule has 2 N–H and O–H groups in total. The molecule has 0 saturated heterocycles. The van der Waals surface area contributed by atoms with Gasteiger partial charge in [0.1, 0.15) is 18.3 Å². The fourth-order valence-corrected chi connectivity index (χ4v) is 2.39. The van der Waals surface area contributed by atoms with E-state index in [0.29, 0.717) is 15.6 Å². The molecule has 1 atom stereocenters. The molecule has 0 unspecified atom stereocenters. The Labute approximate surface area is 137 Å². The third kappa shape index (κ3) is 6.43. The summed E-state index contributed by atoms with van der Waals surface area (Å²) in [6, 6.07) is 3.71. The van der Waals surface area contributed by atoms with Crippen molar-refractivity contribution in [2.45, 2.75) is 45.5 Å². The smallest absolute Gasteiger partial charge is 0.408 e. The largest absolute Gasteiger partial charge is 0.480 e. The lowest BCUT2D eigenvalue weighted by Crippen LogP contribution is -2.44. The van der Waals surface area contributed by atoms with Gasteiger partial charge in [-0.15, -0.1) is 0 Å². The SMILES string of the molecule is CC(C)(C)OC(=O)N[C@@H](Cc1cc(Br)cc(CF)c1)C(=O)O. The summed E-state index contributed by atoms with van der Waals surface area (Å²) >= 11 is 3.25. The highest BCUT2D eigenvalue weighted by Gasteiger charge is 2.24. The van der Waals surface area contributed by atoms with E-state index in [2.05, 4.69) is 21.2 Å². The number of aliphatic carboxylic acids is 1. The van der Waals surface area contributed by atoms with Gasteiger partial charge < -0.3 is 15.2 Å².